The van der Waals surface area contributed by atoms with Crippen molar-refractivity contribution in [2.75, 3.05) is 13.2 Å². The van der Waals surface area contributed by atoms with Crippen molar-refractivity contribution in [1.29, 1.82) is 0 Å². The number of nitrogens with one attached hydrogen (secondary N) is 2. The summed E-state index contributed by atoms with van der Waals surface area (Å²) in [5.74, 6) is -1.03. The van der Waals surface area contributed by atoms with E-state index in [-0.39, 0.29) is 18.4 Å². The lowest BCUT2D eigenvalue weighted by atomic mass is 10.0. The van der Waals surface area contributed by atoms with Crippen LogP contribution in [-0.2, 0) is 30.3 Å². The molecule has 1 fully saturated rings. The molecule has 0 spiro atoms. The van der Waals surface area contributed by atoms with E-state index < -0.39 is 30.1 Å². The van der Waals surface area contributed by atoms with Crippen molar-refractivity contribution >= 4 is 17.8 Å². The summed E-state index contributed by atoms with van der Waals surface area (Å²) in [5.41, 5.74) is 1.13. The van der Waals surface area contributed by atoms with Crippen LogP contribution in [0.2, 0.25) is 0 Å². The van der Waals surface area contributed by atoms with E-state index in [2.05, 4.69) is 10.6 Å². The molecule has 1 aliphatic heterocycles. The van der Waals surface area contributed by atoms with Crippen molar-refractivity contribution in [3.8, 4) is 0 Å². The molecule has 0 aliphatic carbocycles. The molecule has 1 aromatic carbocycles. The Morgan fingerprint density at radius 2 is 1.85 bits per heavy atom. The van der Waals surface area contributed by atoms with Crippen LogP contribution in [0.25, 0.3) is 0 Å². The van der Waals surface area contributed by atoms with Gasteiger partial charge in [0.25, 0.3) is 5.91 Å². The fourth-order valence-corrected chi connectivity index (χ4v) is 2.77. The summed E-state index contributed by atoms with van der Waals surface area (Å²) in [5, 5.41) is 5.57. The van der Waals surface area contributed by atoms with Crippen LogP contribution in [0.15, 0.2) is 30.3 Å². The summed E-state index contributed by atoms with van der Waals surface area (Å²) >= 11 is 0. The Bertz CT molecular complexity index is 647. The van der Waals surface area contributed by atoms with Crippen LogP contribution in [0.4, 0.5) is 0 Å². The molecule has 1 saturated heterocycles. The average molecular weight is 376 g/mol. The highest BCUT2D eigenvalue weighted by Gasteiger charge is 2.52. The molecule has 7 heteroatoms. The van der Waals surface area contributed by atoms with Crippen LogP contribution in [-0.4, -0.2) is 49.2 Å². The first-order valence-corrected chi connectivity index (χ1v) is 9.36. The van der Waals surface area contributed by atoms with Gasteiger partial charge in [0.2, 0.25) is 5.91 Å². The molecule has 2 amide bonds. The molecule has 1 aliphatic rings. The van der Waals surface area contributed by atoms with Gasteiger partial charge in [0.15, 0.2) is 12.2 Å². The normalized spacial score (nSPS) is 19.3. The zero-order valence-electron chi connectivity index (χ0n) is 16.1. The maximum absolute atomic E-state index is 12.5. The molecular weight excluding hydrogens is 348 g/mol. The fourth-order valence-electron chi connectivity index (χ4n) is 2.77. The van der Waals surface area contributed by atoms with Crippen molar-refractivity contribution in [1.82, 2.24) is 10.6 Å². The average Bonchev–Trinajstić information content (AvgIpc) is 3.43. The Morgan fingerprint density at radius 3 is 2.48 bits per heavy atom. The van der Waals surface area contributed by atoms with Crippen molar-refractivity contribution in [3.63, 3.8) is 0 Å². The van der Waals surface area contributed by atoms with Crippen molar-refractivity contribution in [3.05, 3.63) is 35.9 Å². The number of epoxide rings is 1. The Labute approximate surface area is 159 Å². The topological polar surface area (TPSA) is 97.0 Å². The van der Waals surface area contributed by atoms with Crippen molar-refractivity contribution < 1.29 is 23.9 Å². The molecule has 27 heavy (non-hydrogen) atoms. The molecule has 0 saturated carbocycles. The first-order valence-electron chi connectivity index (χ1n) is 9.36. The molecule has 0 bridgehead atoms. The largest absolute Gasteiger partial charge is 0.464 e. The minimum atomic E-state index is -0.879. The number of carbonyl (C=O) groups is 3. The fraction of sp³-hybridized carbons (Fsp3) is 0.550. The van der Waals surface area contributed by atoms with Gasteiger partial charge < -0.3 is 20.1 Å². The van der Waals surface area contributed by atoms with E-state index in [0.29, 0.717) is 19.4 Å². The summed E-state index contributed by atoms with van der Waals surface area (Å²) in [6, 6.07) is 9.18. The molecule has 0 unspecified atom stereocenters. The van der Waals surface area contributed by atoms with Gasteiger partial charge in [0.1, 0.15) is 6.04 Å². The van der Waals surface area contributed by atoms with Crippen molar-refractivity contribution in [2.45, 2.75) is 51.9 Å². The van der Waals surface area contributed by atoms with Crippen LogP contribution in [0, 0.1) is 5.92 Å². The van der Waals surface area contributed by atoms with Crippen LogP contribution >= 0.6 is 0 Å². The SMILES string of the molecule is CCOC(=O)[C@H]1O[C@@H]1C(=O)N[C@@H](CC(C)C)C(=O)NCCc1ccccc1. The Balaban J connectivity index is 1.83. The second kappa shape index (κ2) is 10.1. The molecule has 1 heterocycles. The first-order chi connectivity index (χ1) is 12.9. The van der Waals surface area contributed by atoms with Crippen molar-refractivity contribution in [2.24, 2.45) is 5.92 Å². The summed E-state index contributed by atoms with van der Waals surface area (Å²) < 4.78 is 9.93. The molecule has 0 radical (unpaired) electrons. The predicted molar refractivity (Wildman–Crippen MR) is 99.8 cm³/mol. The summed E-state index contributed by atoms with van der Waals surface area (Å²) in [7, 11) is 0. The number of rotatable bonds is 10. The van der Waals surface area contributed by atoms with Gasteiger partial charge in [0, 0.05) is 6.54 Å². The van der Waals surface area contributed by atoms with E-state index in [4.69, 9.17) is 9.47 Å². The van der Waals surface area contributed by atoms with E-state index in [9.17, 15) is 14.4 Å². The molecule has 1 aromatic rings. The summed E-state index contributed by atoms with van der Waals surface area (Å²) in [4.78, 5) is 36.4. The van der Waals surface area contributed by atoms with Gasteiger partial charge >= 0.3 is 5.97 Å². The van der Waals surface area contributed by atoms with Gasteiger partial charge in [-0.3, -0.25) is 9.59 Å². The summed E-state index contributed by atoms with van der Waals surface area (Å²) in [6.45, 7) is 6.36. The maximum atomic E-state index is 12.5. The number of carbonyl (C=O) groups excluding carboxylic acids is 3. The van der Waals surface area contributed by atoms with Gasteiger partial charge in [0.05, 0.1) is 6.61 Å². The smallest absolute Gasteiger partial charge is 0.338 e. The highest BCUT2D eigenvalue weighted by Crippen LogP contribution is 2.24. The van der Waals surface area contributed by atoms with Gasteiger partial charge in [-0.05, 0) is 31.2 Å². The highest BCUT2D eigenvalue weighted by atomic mass is 16.6. The minimum absolute atomic E-state index is 0.219. The third-order valence-corrected chi connectivity index (χ3v) is 4.16. The second-order valence-corrected chi connectivity index (χ2v) is 6.95. The zero-order valence-corrected chi connectivity index (χ0v) is 16.1. The lowest BCUT2D eigenvalue weighted by Gasteiger charge is -2.20. The van der Waals surface area contributed by atoms with E-state index >= 15 is 0 Å². The molecular formula is C20H28N2O5. The molecule has 2 N–H and O–H groups in total. The Morgan fingerprint density at radius 1 is 1.15 bits per heavy atom. The van der Waals surface area contributed by atoms with E-state index in [1.807, 2.05) is 44.2 Å². The third-order valence-electron chi connectivity index (χ3n) is 4.16. The molecule has 148 valence electrons. The molecule has 3 atom stereocenters. The lowest BCUT2D eigenvalue weighted by Crippen LogP contribution is -2.49. The first kappa shape index (κ1) is 20.9. The number of hydrogen-bond donors (Lipinski definition) is 2. The predicted octanol–water partition coefficient (Wildman–Crippen LogP) is 1.21. The van der Waals surface area contributed by atoms with Gasteiger partial charge in [-0.2, -0.15) is 0 Å². The zero-order chi connectivity index (χ0) is 19.8. The Hall–Kier alpha value is -2.41. The van der Waals surface area contributed by atoms with Crippen LogP contribution in [0.3, 0.4) is 0 Å². The lowest BCUT2D eigenvalue weighted by molar-refractivity contribution is -0.144. The quantitative estimate of drug-likeness (QED) is 0.473. The monoisotopic (exact) mass is 376 g/mol. The number of ether oxygens (including phenoxy) is 2. The molecule has 0 aromatic heterocycles. The van der Waals surface area contributed by atoms with Crippen LogP contribution in [0.5, 0.6) is 0 Å². The number of amides is 2. The molecule has 2 rings (SSSR count). The highest BCUT2D eigenvalue weighted by molar-refractivity contribution is 5.95. The minimum Gasteiger partial charge on any atom is -0.464 e. The van der Waals surface area contributed by atoms with Gasteiger partial charge in [-0.25, -0.2) is 4.79 Å². The van der Waals surface area contributed by atoms with E-state index in [1.54, 1.807) is 6.92 Å². The number of hydrogen-bond acceptors (Lipinski definition) is 5. The summed E-state index contributed by atoms with van der Waals surface area (Å²) in [6.07, 6.45) is -0.535. The number of esters is 1. The third kappa shape index (κ3) is 6.67. The van der Waals surface area contributed by atoms with Crippen LogP contribution in [0.1, 0.15) is 32.8 Å². The molecule has 7 nitrogen and oxygen atoms in total. The van der Waals surface area contributed by atoms with Gasteiger partial charge in [-0.15, -0.1) is 0 Å². The Kier molecular flexibility index (Phi) is 7.79. The van der Waals surface area contributed by atoms with Crippen LogP contribution < -0.4 is 10.6 Å². The van der Waals surface area contributed by atoms with E-state index in [0.717, 1.165) is 5.56 Å². The van der Waals surface area contributed by atoms with Gasteiger partial charge in [-0.1, -0.05) is 44.2 Å². The number of benzene rings is 1. The maximum Gasteiger partial charge on any atom is 0.338 e. The van der Waals surface area contributed by atoms with E-state index in [1.165, 1.54) is 0 Å². The standard InChI is InChI=1S/C20H28N2O5/c1-4-26-20(25)17-16(27-17)19(24)22-15(12-13(2)3)18(23)21-11-10-14-8-6-5-7-9-14/h5-9,13,15-17H,4,10-12H2,1-3H3,(H,21,23)(H,22,24)/t15-,16-,17-/m0/s1. The second-order valence-electron chi connectivity index (χ2n) is 6.95.